The van der Waals surface area contributed by atoms with Crippen molar-refractivity contribution >= 4 is 23.6 Å². The van der Waals surface area contributed by atoms with E-state index in [9.17, 15) is 14.4 Å². The van der Waals surface area contributed by atoms with E-state index in [2.05, 4.69) is 5.32 Å². The minimum absolute atomic E-state index is 0.113. The van der Waals surface area contributed by atoms with Crippen LogP contribution in [0.5, 0.6) is 0 Å². The molecule has 1 aromatic carbocycles. The van der Waals surface area contributed by atoms with Gasteiger partial charge in [-0.3, -0.25) is 9.59 Å². The van der Waals surface area contributed by atoms with Crippen LogP contribution in [0.1, 0.15) is 25.7 Å². The van der Waals surface area contributed by atoms with Crippen LogP contribution >= 0.6 is 0 Å². The number of urea groups is 1. The van der Waals surface area contributed by atoms with E-state index < -0.39 is 17.9 Å². The topological polar surface area (TPSA) is 89.9 Å². The molecule has 2 aliphatic heterocycles. The smallest absolute Gasteiger partial charge is 0.318 e. The number of carbonyl (C=O) groups excluding carboxylic acids is 2. The maximum atomic E-state index is 12.7. The SMILES string of the molecule is O=C(O)C1CCCN(C(=O)NC2CCCN(c3ccccc3)C2=O)C1. The standard InChI is InChI=1S/C18H23N3O4/c22-16-15(9-5-11-21(16)14-7-2-1-3-8-14)19-18(25)20-10-4-6-13(12-20)17(23)24/h1-3,7-8,13,15H,4-6,9-12H2,(H,19,25)(H,23,24). The zero-order chi connectivity index (χ0) is 17.8. The number of hydrogen-bond acceptors (Lipinski definition) is 3. The molecular formula is C18H23N3O4. The highest BCUT2D eigenvalue weighted by atomic mass is 16.4. The van der Waals surface area contributed by atoms with Gasteiger partial charge in [0.2, 0.25) is 5.91 Å². The van der Waals surface area contributed by atoms with Crippen molar-refractivity contribution in [1.29, 1.82) is 0 Å². The first-order chi connectivity index (χ1) is 12.1. The molecule has 2 aliphatic rings. The number of likely N-dealkylation sites (tertiary alicyclic amines) is 1. The van der Waals surface area contributed by atoms with Crippen LogP contribution in [0.4, 0.5) is 10.5 Å². The summed E-state index contributed by atoms with van der Waals surface area (Å²) < 4.78 is 0. The van der Waals surface area contributed by atoms with Gasteiger partial charge in [-0.2, -0.15) is 0 Å². The lowest BCUT2D eigenvalue weighted by Crippen LogP contribution is -2.56. The number of anilines is 1. The van der Waals surface area contributed by atoms with E-state index in [4.69, 9.17) is 5.11 Å². The van der Waals surface area contributed by atoms with Gasteiger partial charge in [0.15, 0.2) is 0 Å². The molecule has 2 fully saturated rings. The zero-order valence-corrected chi connectivity index (χ0v) is 14.1. The van der Waals surface area contributed by atoms with Gasteiger partial charge in [-0.25, -0.2) is 4.79 Å². The van der Waals surface area contributed by atoms with Crippen molar-refractivity contribution in [3.8, 4) is 0 Å². The number of hydrogen-bond donors (Lipinski definition) is 2. The van der Waals surface area contributed by atoms with E-state index in [-0.39, 0.29) is 18.5 Å². The maximum Gasteiger partial charge on any atom is 0.318 e. The number of nitrogens with zero attached hydrogens (tertiary/aromatic N) is 2. The molecule has 0 spiro atoms. The van der Waals surface area contributed by atoms with E-state index >= 15 is 0 Å². The quantitative estimate of drug-likeness (QED) is 0.872. The lowest BCUT2D eigenvalue weighted by molar-refractivity contribution is -0.143. The molecule has 3 amide bonds. The molecule has 0 saturated carbocycles. The monoisotopic (exact) mass is 345 g/mol. The van der Waals surface area contributed by atoms with Gasteiger partial charge in [-0.05, 0) is 37.8 Å². The molecular weight excluding hydrogens is 322 g/mol. The summed E-state index contributed by atoms with van der Waals surface area (Å²) in [5.41, 5.74) is 0.829. The average molecular weight is 345 g/mol. The zero-order valence-electron chi connectivity index (χ0n) is 14.1. The summed E-state index contributed by atoms with van der Waals surface area (Å²) in [6.07, 6.45) is 2.66. The Morgan fingerprint density at radius 1 is 1.08 bits per heavy atom. The molecule has 7 heteroatoms. The van der Waals surface area contributed by atoms with E-state index in [0.29, 0.717) is 32.4 Å². The normalized spacial score (nSPS) is 24.1. The molecule has 2 unspecified atom stereocenters. The molecule has 134 valence electrons. The van der Waals surface area contributed by atoms with Crippen LogP contribution in [-0.2, 0) is 9.59 Å². The highest BCUT2D eigenvalue weighted by Crippen LogP contribution is 2.21. The number of para-hydroxylation sites is 1. The summed E-state index contributed by atoms with van der Waals surface area (Å²) in [5.74, 6) is -1.51. The number of piperidine rings is 2. The Morgan fingerprint density at radius 3 is 2.52 bits per heavy atom. The number of carboxylic acid groups (broad SMARTS) is 1. The number of aliphatic carboxylic acids is 1. The first kappa shape index (κ1) is 17.3. The van der Waals surface area contributed by atoms with Gasteiger partial charge in [0.1, 0.15) is 6.04 Å². The molecule has 0 radical (unpaired) electrons. The second-order valence-electron chi connectivity index (χ2n) is 6.59. The van der Waals surface area contributed by atoms with Crippen molar-refractivity contribution in [2.75, 3.05) is 24.5 Å². The number of carboxylic acids is 1. The Labute approximate surface area is 146 Å². The Hall–Kier alpha value is -2.57. The van der Waals surface area contributed by atoms with Gasteiger partial charge >= 0.3 is 12.0 Å². The molecule has 2 saturated heterocycles. The summed E-state index contributed by atoms with van der Waals surface area (Å²) in [6, 6.07) is 8.50. The summed E-state index contributed by atoms with van der Waals surface area (Å²) in [7, 11) is 0. The van der Waals surface area contributed by atoms with Crippen molar-refractivity contribution in [2.24, 2.45) is 5.92 Å². The van der Waals surface area contributed by atoms with Crippen LogP contribution in [0.2, 0.25) is 0 Å². The van der Waals surface area contributed by atoms with Crippen molar-refractivity contribution < 1.29 is 19.5 Å². The second-order valence-corrected chi connectivity index (χ2v) is 6.59. The Morgan fingerprint density at radius 2 is 1.80 bits per heavy atom. The van der Waals surface area contributed by atoms with E-state index in [1.807, 2.05) is 30.3 Å². The number of amides is 3. The Bertz CT molecular complexity index is 649. The fourth-order valence-corrected chi connectivity index (χ4v) is 3.48. The van der Waals surface area contributed by atoms with Crippen molar-refractivity contribution in [3.05, 3.63) is 30.3 Å². The predicted molar refractivity (Wildman–Crippen MR) is 92.3 cm³/mol. The highest BCUT2D eigenvalue weighted by molar-refractivity contribution is 5.99. The van der Waals surface area contributed by atoms with Crippen LogP contribution in [0.3, 0.4) is 0 Å². The maximum absolute atomic E-state index is 12.7. The van der Waals surface area contributed by atoms with Crippen LogP contribution < -0.4 is 10.2 Å². The summed E-state index contributed by atoms with van der Waals surface area (Å²) in [6.45, 7) is 1.36. The third-order valence-corrected chi connectivity index (χ3v) is 4.86. The molecule has 2 heterocycles. The molecule has 7 nitrogen and oxygen atoms in total. The van der Waals surface area contributed by atoms with Gasteiger partial charge in [-0.15, -0.1) is 0 Å². The van der Waals surface area contributed by atoms with Crippen molar-refractivity contribution in [1.82, 2.24) is 10.2 Å². The van der Waals surface area contributed by atoms with Gasteiger partial charge < -0.3 is 20.2 Å². The third-order valence-electron chi connectivity index (χ3n) is 4.86. The van der Waals surface area contributed by atoms with E-state index in [0.717, 1.165) is 12.1 Å². The van der Waals surface area contributed by atoms with E-state index in [1.165, 1.54) is 4.90 Å². The highest BCUT2D eigenvalue weighted by Gasteiger charge is 2.33. The molecule has 2 atom stereocenters. The molecule has 0 bridgehead atoms. The third kappa shape index (κ3) is 3.92. The average Bonchev–Trinajstić information content (AvgIpc) is 2.64. The number of nitrogens with one attached hydrogen (secondary N) is 1. The van der Waals surface area contributed by atoms with Crippen LogP contribution in [0.15, 0.2) is 30.3 Å². The lowest BCUT2D eigenvalue weighted by atomic mass is 9.98. The molecule has 1 aromatic rings. The fourth-order valence-electron chi connectivity index (χ4n) is 3.48. The molecule has 3 rings (SSSR count). The minimum atomic E-state index is -0.874. The summed E-state index contributed by atoms with van der Waals surface area (Å²) >= 11 is 0. The first-order valence-electron chi connectivity index (χ1n) is 8.71. The van der Waals surface area contributed by atoms with Gasteiger partial charge in [-0.1, -0.05) is 18.2 Å². The largest absolute Gasteiger partial charge is 0.481 e. The minimum Gasteiger partial charge on any atom is -0.481 e. The Balaban J connectivity index is 1.63. The number of rotatable bonds is 3. The van der Waals surface area contributed by atoms with Gasteiger partial charge in [0, 0.05) is 25.3 Å². The summed E-state index contributed by atoms with van der Waals surface area (Å²) in [5, 5.41) is 11.9. The fraction of sp³-hybridized carbons (Fsp3) is 0.500. The number of carbonyl (C=O) groups is 3. The van der Waals surface area contributed by atoms with Crippen molar-refractivity contribution in [3.63, 3.8) is 0 Å². The van der Waals surface area contributed by atoms with Crippen LogP contribution in [0.25, 0.3) is 0 Å². The molecule has 25 heavy (non-hydrogen) atoms. The van der Waals surface area contributed by atoms with Crippen LogP contribution in [-0.4, -0.2) is 53.6 Å². The first-order valence-corrected chi connectivity index (χ1v) is 8.71. The Kier molecular flexibility index (Phi) is 5.21. The summed E-state index contributed by atoms with van der Waals surface area (Å²) in [4.78, 5) is 39.5. The van der Waals surface area contributed by atoms with Crippen molar-refractivity contribution in [2.45, 2.75) is 31.7 Å². The van der Waals surface area contributed by atoms with Gasteiger partial charge in [0.05, 0.1) is 5.92 Å². The molecule has 2 N–H and O–H groups in total. The van der Waals surface area contributed by atoms with E-state index in [1.54, 1.807) is 4.90 Å². The second kappa shape index (κ2) is 7.55. The lowest BCUT2D eigenvalue weighted by Gasteiger charge is -2.35. The molecule has 0 aromatic heterocycles. The van der Waals surface area contributed by atoms with Crippen LogP contribution in [0, 0.1) is 5.92 Å². The predicted octanol–water partition coefficient (Wildman–Crippen LogP) is 1.69. The number of benzene rings is 1. The molecule has 0 aliphatic carbocycles. The van der Waals surface area contributed by atoms with Gasteiger partial charge in [0.25, 0.3) is 0 Å².